The predicted molar refractivity (Wildman–Crippen MR) is 106 cm³/mol. The number of halogens is 1. The summed E-state index contributed by atoms with van der Waals surface area (Å²) in [4.78, 5) is 12.9. The number of alkyl halides is 1. The number of benzene rings is 1. The van der Waals surface area contributed by atoms with Gasteiger partial charge in [-0.2, -0.15) is 0 Å². The molecule has 1 atom stereocenters. The van der Waals surface area contributed by atoms with Crippen molar-refractivity contribution in [3.63, 3.8) is 0 Å². The van der Waals surface area contributed by atoms with Gasteiger partial charge in [-0.1, -0.05) is 12.1 Å². The van der Waals surface area contributed by atoms with Crippen LogP contribution in [0, 0.1) is 0 Å². The van der Waals surface area contributed by atoms with E-state index < -0.39 is 5.60 Å². The second-order valence-corrected chi connectivity index (χ2v) is 8.16. The molecule has 148 valence electrons. The molecule has 0 bridgehead atoms. The van der Waals surface area contributed by atoms with Crippen molar-refractivity contribution in [1.29, 1.82) is 0 Å². The third-order valence-electron chi connectivity index (χ3n) is 4.48. The fourth-order valence-electron chi connectivity index (χ4n) is 3.23. The minimum Gasteiger partial charge on any atom is -0.443 e. The molecule has 2 heterocycles. The first kappa shape index (κ1) is 20.2. The molecule has 1 unspecified atom stereocenters. The van der Waals surface area contributed by atoms with Crippen molar-refractivity contribution >= 4 is 28.6 Å². The number of nitrogens with zero attached hydrogens (tertiary/aromatic N) is 1. The second kappa shape index (κ2) is 8.63. The first-order valence-electron chi connectivity index (χ1n) is 9.53. The van der Waals surface area contributed by atoms with Crippen LogP contribution < -0.4 is 0 Å². The van der Waals surface area contributed by atoms with Crippen LogP contribution in [0.3, 0.4) is 0 Å². The molecule has 0 saturated carbocycles. The highest BCUT2D eigenvalue weighted by Gasteiger charge is 2.22. The van der Waals surface area contributed by atoms with Gasteiger partial charge in [0.05, 0.1) is 12.1 Å². The number of hydrogen-bond donors (Lipinski definition) is 0. The van der Waals surface area contributed by atoms with Crippen LogP contribution in [0.15, 0.2) is 24.3 Å². The van der Waals surface area contributed by atoms with E-state index >= 15 is 0 Å². The van der Waals surface area contributed by atoms with Gasteiger partial charge in [0.25, 0.3) is 0 Å². The lowest BCUT2D eigenvalue weighted by Crippen LogP contribution is -2.28. The van der Waals surface area contributed by atoms with Gasteiger partial charge in [-0.05, 0) is 57.7 Å². The van der Waals surface area contributed by atoms with Gasteiger partial charge in [0.2, 0.25) is 0 Å². The first-order valence-corrected chi connectivity index (χ1v) is 10.1. The molecule has 0 spiro atoms. The Morgan fingerprint density at radius 1 is 1.30 bits per heavy atom. The minimum absolute atomic E-state index is 0.138. The van der Waals surface area contributed by atoms with Gasteiger partial charge >= 0.3 is 6.09 Å². The van der Waals surface area contributed by atoms with Crippen molar-refractivity contribution in [2.75, 3.05) is 13.2 Å². The molecule has 1 aliphatic rings. The Morgan fingerprint density at radius 2 is 2.11 bits per heavy atom. The molecule has 5 nitrogen and oxygen atoms in total. The summed E-state index contributed by atoms with van der Waals surface area (Å²) >= 11 is 5.98. The van der Waals surface area contributed by atoms with Crippen molar-refractivity contribution < 1.29 is 19.0 Å². The zero-order chi connectivity index (χ0) is 19.4. The molecule has 1 saturated heterocycles. The Morgan fingerprint density at radius 3 is 2.78 bits per heavy atom. The zero-order valence-electron chi connectivity index (χ0n) is 16.3. The molecule has 2 aromatic rings. The van der Waals surface area contributed by atoms with E-state index in [4.69, 9.17) is 25.8 Å². The number of hydrogen-bond acceptors (Lipinski definition) is 4. The molecular weight excluding hydrogens is 366 g/mol. The molecule has 0 N–H and O–H groups in total. The minimum atomic E-state index is -0.568. The van der Waals surface area contributed by atoms with E-state index in [9.17, 15) is 4.79 Å². The topological polar surface area (TPSA) is 49.7 Å². The SMILES string of the molecule is CC(C)(C)OC(=O)n1c(CCOC2CCCCO2)cc2ccc(CCl)cc21. The number of rotatable bonds is 5. The summed E-state index contributed by atoms with van der Waals surface area (Å²) in [6, 6.07) is 7.93. The molecule has 1 aliphatic heterocycles. The van der Waals surface area contributed by atoms with E-state index in [1.54, 1.807) is 4.57 Å². The first-order chi connectivity index (χ1) is 12.9. The fraction of sp³-hybridized carbons (Fsp3) is 0.571. The van der Waals surface area contributed by atoms with E-state index in [2.05, 4.69) is 0 Å². The van der Waals surface area contributed by atoms with Gasteiger partial charge in [0.1, 0.15) is 5.60 Å². The third-order valence-corrected chi connectivity index (χ3v) is 4.78. The Balaban J connectivity index is 1.83. The maximum atomic E-state index is 12.9. The Labute approximate surface area is 165 Å². The standard InChI is InChI=1S/C21H28ClNO4/c1-21(2,3)27-20(24)23-17(9-11-26-19-6-4-5-10-25-19)13-16-8-7-15(14-22)12-18(16)23/h7-8,12-13,19H,4-6,9-11,14H2,1-3H3. The quantitative estimate of drug-likeness (QED) is 0.651. The molecule has 6 heteroatoms. The fourth-order valence-corrected chi connectivity index (χ4v) is 3.40. The number of aromatic nitrogens is 1. The second-order valence-electron chi connectivity index (χ2n) is 7.90. The van der Waals surface area contributed by atoms with Gasteiger partial charge in [-0.3, -0.25) is 0 Å². The summed E-state index contributed by atoms with van der Waals surface area (Å²) in [6.45, 7) is 6.84. The van der Waals surface area contributed by atoms with Crippen molar-refractivity contribution in [1.82, 2.24) is 4.57 Å². The maximum Gasteiger partial charge on any atom is 0.419 e. The number of carbonyl (C=O) groups excluding carboxylic acids is 1. The van der Waals surface area contributed by atoms with Crippen LogP contribution in [-0.4, -0.2) is 35.8 Å². The normalized spacial score (nSPS) is 18.0. The lowest BCUT2D eigenvalue weighted by atomic mass is 10.2. The highest BCUT2D eigenvalue weighted by Crippen LogP contribution is 2.25. The lowest BCUT2D eigenvalue weighted by Gasteiger charge is -2.23. The van der Waals surface area contributed by atoms with Crippen molar-refractivity contribution in [3.8, 4) is 0 Å². The van der Waals surface area contributed by atoms with Crippen LogP contribution in [0.4, 0.5) is 4.79 Å². The highest BCUT2D eigenvalue weighted by atomic mass is 35.5. The van der Waals surface area contributed by atoms with Crippen LogP contribution >= 0.6 is 11.6 Å². The van der Waals surface area contributed by atoms with Gasteiger partial charge < -0.3 is 14.2 Å². The Bertz CT molecular complexity index is 787. The van der Waals surface area contributed by atoms with Crippen LogP contribution in [0.2, 0.25) is 0 Å². The van der Waals surface area contributed by atoms with Crippen LogP contribution in [0.1, 0.15) is 51.3 Å². The molecule has 27 heavy (non-hydrogen) atoms. The van der Waals surface area contributed by atoms with Gasteiger partial charge in [-0.25, -0.2) is 9.36 Å². The zero-order valence-corrected chi connectivity index (χ0v) is 17.1. The summed E-state index contributed by atoms with van der Waals surface area (Å²) in [5, 5.41) is 0.985. The Hall–Kier alpha value is -1.56. The lowest BCUT2D eigenvalue weighted by molar-refractivity contribution is -0.161. The van der Waals surface area contributed by atoms with E-state index in [1.807, 2.05) is 45.0 Å². The van der Waals surface area contributed by atoms with Crippen LogP contribution in [-0.2, 0) is 26.5 Å². The maximum absolute atomic E-state index is 12.9. The number of ether oxygens (including phenoxy) is 3. The molecule has 0 amide bonds. The smallest absolute Gasteiger partial charge is 0.419 e. The summed E-state index contributed by atoms with van der Waals surface area (Å²) in [5.41, 5.74) is 2.07. The van der Waals surface area contributed by atoms with Crippen molar-refractivity contribution in [3.05, 3.63) is 35.5 Å². The van der Waals surface area contributed by atoms with Crippen molar-refractivity contribution in [2.24, 2.45) is 0 Å². The Kier molecular flexibility index (Phi) is 6.45. The summed E-state index contributed by atoms with van der Waals surface area (Å²) in [5.74, 6) is 0.396. The van der Waals surface area contributed by atoms with Crippen molar-refractivity contribution in [2.45, 2.75) is 64.2 Å². The van der Waals surface area contributed by atoms with Gasteiger partial charge in [0, 0.05) is 30.0 Å². The molecule has 1 aromatic heterocycles. The molecule has 1 aromatic carbocycles. The van der Waals surface area contributed by atoms with E-state index in [0.717, 1.165) is 48.0 Å². The summed E-state index contributed by atoms with van der Waals surface area (Å²) < 4.78 is 18.7. The molecular formula is C21H28ClNO4. The third kappa shape index (κ3) is 5.24. The van der Waals surface area contributed by atoms with E-state index in [1.165, 1.54) is 0 Å². The monoisotopic (exact) mass is 393 g/mol. The molecule has 3 rings (SSSR count). The summed E-state index contributed by atoms with van der Waals surface area (Å²) in [6.07, 6.45) is 3.23. The molecule has 1 fully saturated rings. The van der Waals surface area contributed by atoms with E-state index in [-0.39, 0.29) is 12.4 Å². The highest BCUT2D eigenvalue weighted by molar-refractivity contribution is 6.17. The number of carbonyl (C=O) groups is 1. The summed E-state index contributed by atoms with van der Waals surface area (Å²) in [7, 11) is 0. The van der Waals surface area contributed by atoms with E-state index in [0.29, 0.717) is 18.9 Å². The predicted octanol–water partition coefficient (Wildman–Crippen LogP) is 5.25. The molecule has 0 aliphatic carbocycles. The average Bonchev–Trinajstić information content (AvgIpc) is 2.98. The largest absolute Gasteiger partial charge is 0.443 e. The van der Waals surface area contributed by atoms with Crippen LogP contribution in [0.25, 0.3) is 10.9 Å². The van der Waals surface area contributed by atoms with Crippen LogP contribution in [0.5, 0.6) is 0 Å². The number of fused-ring (bicyclic) bond motifs is 1. The van der Waals surface area contributed by atoms with Gasteiger partial charge in [0.15, 0.2) is 6.29 Å². The molecule has 0 radical (unpaired) electrons. The average molecular weight is 394 g/mol. The van der Waals surface area contributed by atoms with Gasteiger partial charge in [-0.15, -0.1) is 11.6 Å².